The smallest absolute Gasteiger partial charge is 0.449 e. The van der Waals surface area contributed by atoms with Gasteiger partial charge in [-0.25, -0.2) is 4.79 Å². The van der Waals surface area contributed by atoms with Crippen molar-refractivity contribution in [2.24, 2.45) is 0 Å². The van der Waals surface area contributed by atoms with Gasteiger partial charge in [0.25, 0.3) is 0 Å². The molecule has 3 nitrogen and oxygen atoms in total. The second kappa shape index (κ2) is 13.5. The van der Waals surface area contributed by atoms with E-state index in [2.05, 4.69) is 146 Å². The number of benzene rings is 9. The predicted octanol–water partition coefficient (Wildman–Crippen LogP) is 14.0. The summed E-state index contributed by atoms with van der Waals surface area (Å²) in [6.45, 7) is 0. The fraction of sp³-hybridized carbons (Fsp3) is 0. The monoisotopic (exact) mass is 702 g/mol. The zero-order valence-corrected chi connectivity index (χ0v) is 29.5. The van der Waals surface area contributed by atoms with Crippen molar-refractivity contribution in [3.63, 3.8) is 0 Å². The molecular weight excluding hydrogens is 669 g/mol. The van der Waals surface area contributed by atoms with Gasteiger partial charge < -0.3 is 9.29 Å². The quantitative estimate of drug-likeness (QED) is 0.180. The highest BCUT2D eigenvalue weighted by molar-refractivity contribution is 8.30. The van der Waals surface area contributed by atoms with E-state index in [0.717, 1.165) is 64.2 Å². The number of carbonyl (C=O) groups is 1. The number of rotatable bonds is 7. The molecule has 0 heterocycles. The Kier molecular flexibility index (Phi) is 8.22. The Hall–Kier alpha value is -6.62. The normalized spacial score (nSPS) is 11.8. The van der Waals surface area contributed by atoms with Crippen LogP contribution in [0.2, 0.25) is 0 Å². The molecular formula is C49H34O3S. The van der Waals surface area contributed by atoms with Crippen LogP contribution in [0.3, 0.4) is 0 Å². The Morgan fingerprint density at radius 3 is 0.943 bits per heavy atom. The lowest BCUT2D eigenvalue weighted by Crippen LogP contribution is -2.12. The molecule has 53 heavy (non-hydrogen) atoms. The molecule has 0 saturated carbocycles. The zero-order chi connectivity index (χ0) is 35.8. The molecule has 9 aromatic rings. The maximum atomic E-state index is 12.8. The first-order valence-electron chi connectivity index (χ1n) is 17.6. The molecule has 0 fully saturated rings. The molecule has 0 spiro atoms. The van der Waals surface area contributed by atoms with Crippen LogP contribution < -0.4 is 0 Å². The lowest BCUT2D eigenvalue weighted by molar-refractivity contribution is 0.150. The van der Waals surface area contributed by atoms with Crippen molar-refractivity contribution < 1.29 is 14.1 Å². The molecule has 1 N–H and O–H groups in total. The molecule has 254 valence electrons. The van der Waals surface area contributed by atoms with Crippen molar-refractivity contribution in [1.82, 2.24) is 0 Å². The van der Waals surface area contributed by atoms with Crippen LogP contribution in [0.1, 0.15) is 0 Å². The fourth-order valence-corrected chi connectivity index (χ4v) is 10.4. The summed E-state index contributed by atoms with van der Waals surface area (Å²) in [5, 5.41) is 17.5. The van der Waals surface area contributed by atoms with E-state index >= 15 is 0 Å². The molecule has 0 unspecified atom stereocenters. The Balaban J connectivity index is 1.21. The van der Waals surface area contributed by atoms with E-state index in [-0.39, 0.29) is 0 Å². The van der Waals surface area contributed by atoms with E-state index in [9.17, 15) is 9.90 Å². The van der Waals surface area contributed by atoms with Crippen LogP contribution in [0.25, 0.3) is 65.7 Å². The van der Waals surface area contributed by atoms with E-state index in [1.54, 1.807) is 0 Å². The molecule has 0 radical (unpaired) electrons. The Labute approximate surface area is 309 Å². The molecule has 0 bridgehead atoms. The average molecular weight is 703 g/mol. The summed E-state index contributed by atoms with van der Waals surface area (Å²) in [6.07, 6.45) is -1.32. The van der Waals surface area contributed by atoms with E-state index in [0.29, 0.717) is 0 Å². The maximum Gasteiger partial charge on any atom is 0.517 e. The SMILES string of the molecule is O=C(O)OS(c1ccc(-c2cccc3ccccc23)cc1)(c1ccc(-c2cccc3ccccc23)cc1)c1ccc(-c2cccc3ccccc23)cc1. The minimum absolute atomic E-state index is 0.791. The van der Waals surface area contributed by atoms with Crippen molar-refractivity contribution in [1.29, 1.82) is 0 Å². The number of hydrogen-bond donors (Lipinski definition) is 1. The van der Waals surface area contributed by atoms with Gasteiger partial charge in [-0.3, -0.25) is 0 Å². The van der Waals surface area contributed by atoms with Gasteiger partial charge in [-0.2, -0.15) is 0 Å². The van der Waals surface area contributed by atoms with Crippen LogP contribution in [-0.4, -0.2) is 11.3 Å². The lowest BCUT2D eigenvalue weighted by atomic mass is 9.98. The molecule has 0 aromatic heterocycles. The average Bonchev–Trinajstić information content (AvgIpc) is 3.22. The van der Waals surface area contributed by atoms with Crippen LogP contribution in [-0.2, 0) is 4.18 Å². The Morgan fingerprint density at radius 1 is 0.358 bits per heavy atom. The van der Waals surface area contributed by atoms with Gasteiger partial charge in [-0.05, 0) is 112 Å². The summed E-state index contributed by atoms with van der Waals surface area (Å²) in [4.78, 5) is 15.2. The van der Waals surface area contributed by atoms with Gasteiger partial charge in [-0.1, -0.05) is 164 Å². The van der Waals surface area contributed by atoms with Gasteiger partial charge >= 0.3 is 6.16 Å². The van der Waals surface area contributed by atoms with Gasteiger partial charge in [0, 0.05) is 14.7 Å². The first kappa shape index (κ1) is 32.3. The molecule has 0 aliphatic carbocycles. The second-order valence-electron chi connectivity index (χ2n) is 13.1. The highest BCUT2D eigenvalue weighted by Gasteiger charge is 2.36. The first-order chi connectivity index (χ1) is 26.1. The summed E-state index contributed by atoms with van der Waals surface area (Å²) in [7, 11) is -2.76. The van der Waals surface area contributed by atoms with Crippen molar-refractivity contribution in [2.45, 2.75) is 14.7 Å². The third-order valence-electron chi connectivity index (χ3n) is 10.1. The Morgan fingerprint density at radius 2 is 0.642 bits per heavy atom. The second-order valence-corrected chi connectivity index (χ2v) is 15.8. The highest BCUT2D eigenvalue weighted by atomic mass is 32.3. The van der Waals surface area contributed by atoms with E-state index in [4.69, 9.17) is 4.18 Å². The minimum Gasteiger partial charge on any atom is -0.449 e. The van der Waals surface area contributed by atoms with Crippen molar-refractivity contribution in [3.8, 4) is 33.4 Å². The molecule has 0 aliphatic rings. The molecule has 9 rings (SSSR count). The van der Waals surface area contributed by atoms with Gasteiger partial charge in [0.1, 0.15) is 0 Å². The topological polar surface area (TPSA) is 46.5 Å². The van der Waals surface area contributed by atoms with Crippen LogP contribution in [0.5, 0.6) is 0 Å². The molecule has 0 amide bonds. The fourth-order valence-electron chi connectivity index (χ4n) is 7.57. The number of hydrogen-bond acceptors (Lipinski definition) is 2. The van der Waals surface area contributed by atoms with Crippen LogP contribution in [0, 0.1) is 0 Å². The molecule has 4 heteroatoms. The van der Waals surface area contributed by atoms with Crippen LogP contribution in [0.15, 0.2) is 215 Å². The molecule has 0 saturated heterocycles. The molecule has 0 aliphatic heterocycles. The standard InChI is InChI=1S/C49H34O3S/c50-49(51)52-53(40-28-22-37(23-29-40)46-19-7-13-34-10-1-4-16-43(34)46,41-30-24-38(25-31-41)47-20-8-14-35-11-2-5-17-44(35)47)42-32-26-39(27-33-42)48-21-9-15-36-12-3-6-18-45(36)48/h1-33H,(H,50,51). The summed E-state index contributed by atoms with van der Waals surface area (Å²) in [5.74, 6) is 0. The van der Waals surface area contributed by atoms with Crippen molar-refractivity contribution in [2.75, 3.05) is 0 Å². The van der Waals surface area contributed by atoms with E-state index in [1.807, 2.05) is 54.6 Å². The van der Waals surface area contributed by atoms with Gasteiger partial charge in [0.15, 0.2) is 0 Å². The van der Waals surface area contributed by atoms with Crippen molar-refractivity contribution >= 4 is 48.8 Å². The summed E-state index contributed by atoms with van der Waals surface area (Å²) in [6, 6.07) is 68.7. The van der Waals surface area contributed by atoms with Crippen LogP contribution >= 0.6 is 10.3 Å². The zero-order valence-electron chi connectivity index (χ0n) is 28.7. The summed E-state index contributed by atoms with van der Waals surface area (Å²) in [5.41, 5.74) is 6.50. The summed E-state index contributed by atoms with van der Waals surface area (Å²) < 4.78 is 6.24. The predicted molar refractivity (Wildman–Crippen MR) is 220 cm³/mol. The van der Waals surface area contributed by atoms with Gasteiger partial charge in [0.05, 0.1) is 0 Å². The third-order valence-corrected chi connectivity index (χ3v) is 13.3. The lowest BCUT2D eigenvalue weighted by Gasteiger charge is -2.39. The van der Waals surface area contributed by atoms with E-state index < -0.39 is 16.5 Å². The third kappa shape index (κ3) is 5.80. The minimum atomic E-state index is -2.76. The first-order valence-corrected chi connectivity index (χ1v) is 19.1. The van der Waals surface area contributed by atoms with Crippen LogP contribution in [0.4, 0.5) is 4.79 Å². The van der Waals surface area contributed by atoms with Gasteiger partial charge in [-0.15, -0.1) is 0 Å². The molecule has 0 atom stereocenters. The molecule has 9 aromatic carbocycles. The number of fused-ring (bicyclic) bond motifs is 3. The highest BCUT2D eigenvalue weighted by Crippen LogP contribution is 2.69. The largest absolute Gasteiger partial charge is 0.517 e. The maximum absolute atomic E-state index is 12.8. The van der Waals surface area contributed by atoms with Crippen molar-refractivity contribution in [3.05, 3.63) is 200 Å². The summed E-state index contributed by atoms with van der Waals surface area (Å²) >= 11 is 0. The van der Waals surface area contributed by atoms with Gasteiger partial charge in [0.2, 0.25) is 0 Å². The number of carboxylic acid groups (broad SMARTS) is 1. The Bertz CT molecular complexity index is 2460. The van der Waals surface area contributed by atoms with E-state index in [1.165, 1.54) is 16.2 Å².